The number of hydrogen-bond donors (Lipinski definition) is 2. The molecule has 2 aromatic rings. The summed E-state index contributed by atoms with van der Waals surface area (Å²) in [5.74, 6) is -1.80. The van der Waals surface area contributed by atoms with Crippen molar-refractivity contribution in [3.05, 3.63) is 65.4 Å². The molecule has 108 valence electrons. The van der Waals surface area contributed by atoms with Crippen LogP contribution in [0.5, 0.6) is 0 Å². The molecule has 0 aliphatic rings. The van der Waals surface area contributed by atoms with E-state index in [1.54, 1.807) is 12.1 Å². The van der Waals surface area contributed by atoms with E-state index in [4.69, 9.17) is 9.52 Å². The fourth-order valence-corrected chi connectivity index (χ4v) is 1.60. The molecule has 1 amide bonds. The molecule has 0 atom stereocenters. The molecule has 0 unspecified atom stereocenters. The van der Waals surface area contributed by atoms with Crippen LogP contribution >= 0.6 is 0 Å². The van der Waals surface area contributed by atoms with Crippen molar-refractivity contribution >= 4 is 18.0 Å². The van der Waals surface area contributed by atoms with Gasteiger partial charge in [-0.3, -0.25) is 4.79 Å². The smallest absolute Gasteiger partial charge is 0.371 e. The van der Waals surface area contributed by atoms with Crippen molar-refractivity contribution in [2.45, 2.75) is 6.54 Å². The molecular formula is C15H12FNO4. The first kappa shape index (κ1) is 14.5. The van der Waals surface area contributed by atoms with E-state index in [1.807, 2.05) is 0 Å². The van der Waals surface area contributed by atoms with E-state index in [0.29, 0.717) is 11.3 Å². The van der Waals surface area contributed by atoms with E-state index in [1.165, 1.54) is 36.4 Å². The van der Waals surface area contributed by atoms with Gasteiger partial charge in [0, 0.05) is 6.08 Å². The van der Waals surface area contributed by atoms with Crippen LogP contribution in [0, 0.1) is 5.82 Å². The van der Waals surface area contributed by atoms with Crippen LogP contribution in [0.15, 0.2) is 46.9 Å². The minimum Gasteiger partial charge on any atom is -0.475 e. The second-order valence-electron chi connectivity index (χ2n) is 4.18. The minimum atomic E-state index is -1.17. The van der Waals surface area contributed by atoms with Gasteiger partial charge in [0.15, 0.2) is 0 Å². The van der Waals surface area contributed by atoms with E-state index in [9.17, 15) is 14.0 Å². The maximum absolute atomic E-state index is 12.9. The normalized spacial score (nSPS) is 10.7. The van der Waals surface area contributed by atoms with E-state index in [2.05, 4.69) is 5.32 Å². The van der Waals surface area contributed by atoms with Crippen LogP contribution in [-0.2, 0) is 11.3 Å². The number of hydrogen-bond acceptors (Lipinski definition) is 3. The molecule has 0 aliphatic carbocycles. The van der Waals surface area contributed by atoms with Gasteiger partial charge in [-0.05, 0) is 35.9 Å². The Balaban J connectivity index is 1.88. The largest absolute Gasteiger partial charge is 0.475 e. The molecule has 1 heterocycles. The van der Waals surface area contributed by atoms with Gasteiger partial charge in [-0.15, -0.1) is 0 Å². The molecule has 0 fully saturated rings. The second-order valence-corrected chi connectivity index (χ2v) is 4.18. The monoisotopic (exact) mass is 289 g/mol. The van der Waals surface area contributed by atoms with Crippen LogP contribution in [0.1, 0.15) is 21.9 Å². The second kappa shape index (κ2) is 6.51. The first-order valence-corrected chi connectivity index (χ1v) is 6.08. The Morgan fingerprint density at radius 1 is 1.29 bits per heavy atom. The Labute approximate surface area is 119 Å². The highest BCUT2D eigenvalue weighted by Gasteiger charge is 2.08. The third-order valence-corrected chi connectivity index (χ3v) is 2.59. The number of benzene rings is 1. The molecule has 0 radical (unpaired) electrons. The van der Waals surface area contributed by atoms with Crippen LogP contribution in [0.4, 0.5) is 4.39 Å². The summed E-state index contributed by atoms with van der Waals surface area (Å²) in [6.45, 7) is 0.0691. The van der Waals surface area contributed by atoms with Crippen LogP contribution in [0.3, 0.4) is 0 Å². The molecule has 6 heteroatoms. The zero-order valence-electron chi connectivity index (χ0n) is 10.9. The molecule has 21 heavy (non-hydrogen) atoms. The Hall–Kier alpha value is -2.89. The zero-order chi connectivity index (χ0) is 15.2. The van der Waals surface area contributed by atoms with Gasteiger partial charge in [0.1, 0.15) is 11.6 Å². The summed E-state index contributed by atoms with van der Waals surface area (Å²) in [5, 5.41) is 11.2. The third-order valence-electron chi connectivity index (χ3n) is 2.59. The maximum Gasteiger partial charge on any atom is 0.371 e. The van der Waals surface area contributed by atoms with Crippen LogP contribution < -0.4 is 5.32 Å². The SMILES string of the molecule is O=C(/C=C/c1cccc(F)c1)NCc1ccc(C(=O)O)o1. The van der Waals surface area contributed by atoms with Crippen molar-refractivity contribution in [3.8, 4) is 0 Å². The van der Waals surface area contributed by atoms with Gasteiger partial charge in [-0.1, -0.05) is 12.1 Å². The van der Waals surface area contributed by atoms with Crippen LogP contribution in [0.2, 0.25) is 0 Å². The fourth-order valence-electron chi connectivity index (χ4n) is 1.60. The molecule has 0 aliphatic heterocycles. The lowest BCUT2D eigenvalue weighted by Crippen LogP contribution is -2.19. The van der Waals surface area contributed by atoms with E-state index in [0.717, 1.165) is 0 Å². The van der Waals surface area contributed by atoms with Crippen molar-refractivity contribution in [3.63, 3.8) is 0 Å². The van der Waals surface area contributed by atoms with Gasteiger partial charge < -0.3 is 14.8 Å². The molecule has 1 aromatic carbocycles. The Morgan fingerprint density at radius 2 is 2.10 bits per heavy atom. The Morgan fingerprint density at radius 3 is 2.76 bits per heavy atom. The zero-order valence-corrected chi connectivity index (χ0v) is 10.9. The van der Waals surface area contributed by atoms with Gasteiger partial charge in [0.2, 0.25) is 11.7 Å². The minimum absolute atomic E-state index is 0.0691. The molecule has 0 saturated carbocycles. The van der Waals surface area contributed by atoms with Crippen molar-refractivity contribution < 1.29 is 23.5 Å². The van der Waals surface area contributed by atoms with Crippen LogP contribution in [-0.4, -0.2) is 17.0 Å². The highest BCUT2D eigenvalue weighted by molar-refractivity contribution is 5.91. The number of aromatic carboxylic acids is 1. The molecule has 5 nitrogen and oxygen atoms in total. The number of carbonyl (C=O) groups is 2. The number of rotatable bonds is 5. The van der Waals surface area contributed by atoms with Gasteiger partial charge in [-0.25, -0.2) is 9.18 Å². The van der Waals surface area contributed by atoms with E-state index >= 15 is 0 Å². The Kier molecular flexibility index (Phi) is 4.50. The molecule has 1 aromatic heterocycles. The lowest BCUT2D eigenvalue weighted by molar-refractivity contribution is -0.116. The lowest BCUT2D eigenvalue weighted by Gasteiger charge is -1.99. The molecular weight excluding hydrogens is 277 g/mol. The summed E-state index contributed by atoms with van der Waals surface area (Å²) in [7, 11) is 0. The van der Waals surface area contributed by atoms with E-state index in [-0.39, 0.29) is 18.1 Å². The van der Waals surface area contributed by atoms with Crippen LogP contribution in [0.25, 0.3) is 6.08 Å². The summed E-state index contributed by atoms with van der Waals surface area (Å²) in [6.07, 6.45) is 2.74. The van der Waals surface area contributed by atoms with Gasteiger partial charge in [0.25, 0.3) is 0 Å². The van der Waals surface area contributed by atoms with Gasteiger partial charge >= 0.3 is 5.97 Å². The number of nitrogens with one attached hydrogen (secondary N) is 1. The number of furan rings is 1. The number of carboxylic acids is 1. The van der Waals surface area contributed by atoms with Gasteiger partial charge in [-0.2, -0.15) is 0 Å². The van der Waals surface area contributed by atoms with E-state index < -0.39 is 11.9 Å². The van der Waals surface area contributed by atoms with Crippen molar-refractivity contribution in [1.29, 1.82) is 0 Å². The predicted molar refractivity (Wildman–Crippen MR) is 72.9 cm³/mol. The first-order valence-electron chi connectivity index (χ1n) is 6.08. The lowest BCUT2D eigenvalue weighted by atomic mass is 10.2. The highest BCUT2D eigenvalue weighted by Crippen LogP contribution is 2.08. The van der Waals surface area contributed by atoms with Gasteiger partial charge in [0.05, 0.1) is 6.54 Å². The summed E-state index contributed by atoms with van der Waals surface area (Å²) >= 11 is 0. The summed E-state index contributed by atoms with van der Waals surface area (Å²) in [4.78, 5) is 22.2. The number of halogens is 1. The number of carbonyl (C=O) groups excluding carboxylic acids is 1. The average Bonchev–Trinajstić information content (AvgIpc) is 2.92. The summed E-state index contributed by atoms with van der Waals surface area (Å²) in [6, 6.07) is 8.61. The van der Waals surface area contributed by atoms with Crippen molar-refractivity contribution in [2.75, 3.05) is 0 Å². The fraction of sp³-hybridized carbons (Fsp3) is 0.0667. The number of amides is 1. The summed E-state index contributed by atoms with van der Waals surface area (Å²) in [5.41, 5.74) is 0.566. The Bertz CT molecular complexity index is 690. The number of carboxylic acid groups (broad SMARTS) is 1. The molecule has 0 bridgehead atoms. The quantitative estimate of drug-likeness (QED) is 0.829. The van der Waals surface area contributed by atoms with Crippen molar-refractivity contribution in [2.24, 2.45) is 0 Å². The maximum atomic E-state index is 12.9. The third kappa shape index (κ3) is 4.31. The first-order chi connectivity index (χ1) is 10.0. The molecule has 0 saturated heterocycles. The molecule has 2 rings (SSSR count). The standard InChI is InChI=1S/C15H12FNO4/c16-11-3-1-2-10(8-11)4-7-14(18)17-9-12-5-6-13(21-12)15(19)20/h1-8H,9H2,(H,17,18)(H,19,20)/b7-4+. The molecule has 2 N–H and O–H groups in total. The molecule has 0 spiro atoms. The summed E-state index contributed by atoms with van der Waals surface area (Å²) < 4.78 is 17.9. The average molecular weight is 289 g/mol. The van der Waals surface area contributed by atoms with Crippen molar-refractivity contribution in [1.82, 2.24) is 5.32 Å². The highest BCUT2D eigenvalue weighted by atomic mass is 19.1. The topological polar surface area (TPSA) is 79.5 Å². The predicted octanol–water partition coefficient (Wildman–Crippen LogP) is 2.45.